The molecule has 0 saturated carbocycles. The van der Waals surface area contributed by atoms with Crippen molar-refractivity contribution in [2.45, 2.75) is 31.4 Å². The van der Waals surface area contributed by atoms with Crippen molar-refractivity contribution in [3.05, 3.63) is 65.6 Å². The van der Waals surface area contributed by atoms with E-state index in [-0.39, 0.29) is 17.6 Å². The largest absolute Gasteiger partial charge is 0.381 e. The minimum absolute atomic E-state index is 0.171. The second kappa shape index (κ2) is 8.58. The molecule has 0 unspecified atom stereocenters. The van der Waals surface area contributed by atoms with E-state index in [4.69, 9.17) is 14.5 Å². The molecule has 4 heterocycles. The molecular weight excluding hydrogens is 404 g/mol. The van der Waals surface area contributed by atoms with E-state index >= 15 is 0 Å². The monoisotopic (exact) mass is 432 g/mol. The van der Waals surface area contributed by atoms with E-state index in [2.05, 4.69) is 28.2 Å². The van der Waals surface area contributed by atoms with Gasteiger partial charge in [0.2, 0.25) is 0 Å². The van der Waals surface area contributed by atoms with Crippen LogP contribution in [0.3, 0.4) is 0 Å². The number of ether oxygens (including phenoxy) is 2. The van der Waals surface area contributed by atoms with Crippen LogP contribution >= 0.6 is 0 Å². The fraction of sp³-hybridized carbons (Fsp3) is 0.400. The van der Waals surface area contributed by atoms with E-state index in [1.54, 1.807) is 19.5 Å². The fourth-order valence-electron chi connectivity index (χ4n) is 4.83. The second-order valence-electron chi connectivity index (χ2n) is 8.66. The number of benzene rings is 1. The molecule has 5 rings (SSSR count). The van der Waals surface area contributed by atoms with Crippen LogP contribution < -0.4 is 5.32 Å². The van der Waals surface area contributed by atoms with E-state index in [1.807, 2.05) is 30.3 Å². The Hall–Kier alpha value is -2.87. The number of anilines is 1. The van der Waals surface area contributed by atoms with Gasteiger partial charge in [-0.2, -0.15) is 0 Å². The standard InChI is InChI=1S/C25H28N4O3/c1-17-3-6-22(28-24(30)19-4-5-20-14-26-10-7-18(20)13-19)27-23(17)25(8-11-32-12-9-25)29-15-21(16-29)31-2/h3-7,10,13-14,21H,8-9,11-12,15-16H2,1-2H3,(H,27,28,30). The van der Waals surface area contributed by atoms with Crippen LogP contribution in [0.1, 0.15) is 34.5 Å². The van der Waals surface area contributed by atoms with Crippen molar-refractivity contribution >= 4 is 22.5 Å². The number of nitrogens with zero attached hydrogens (tertiary/aromatic N) is 3. The number of methoxy groups -OCH3 is 1. The maximum absolute atomic E-state index is 13.0. The molecule has 2 saturated heterocycles. The van der Waals surface area contributed by atoms with Gasteiger partial charge in [0, 0.05) is 56.8 Å². The third-order valence-electron chi connectivity index (χ3n) is 6.79. The lowest BCUT2D eigenvalue weighted by Crippen LogP contribution is -2.63. The number of hydrogen-bond acceptors (Lipinski definition) is 6. The van der Waals surface area contributed by atoms with Crippen molar-refractivity contribution in [3.63, 3.8) is 0 Å². The molecule has 2 aliphatic heterocycles. The second-order valence-corrected chi connectivity index (χ2v) is 8.66. The van der Waals surface area contributed by atoms with Gasteiger partial charge >= 0.3 is 0 Å². The third-order valence-corrected chi connectivity index (χ3v) is 6.79. The molecule has 0 bridgehead atoms. The van der Waals surface area contributed by atoms with Gasteiger partial charge in [0.1, 0.15) is 5.82 Å². The van der Waals surface area contributed by atoms with Gasteiger partial charge in [0.05, 0.1) is 17.3 Å². The van der Waals surface area contributed by atoms with Gasteiger partial charge in [-0.05, 0) is 55.0 Å². The molecule has 0 radical (unpaired) electrons. The number of hydrogen-bond donors (Lipinski definition) is 1. The number of aromatic nitrogens is 2. The zero-order valence-corrected chi connectivity index (χ0v) is 18.5. The van der Waals surface area contributed by atoms with E-state index in [0.29, 0.717) is 24.6 Å². The van der Waals surface area contributed by atoms with Gasteiger partial charge in [-0.25, -0.2) is 4.98 Å². The van der Waals surface area contributed by atoms with Crippen molar-refractivity contribution in [2.75, 3.05) is 38.7 Å². The number of likely N-dealkylation sites (tertiary alicyclic amines) is 1. The Morgan fingerprint density at radius 2 is 1.97 bits per heavy atom. The first-order valence-electron chi connectivity index (χ1n) is 11.1. The van der Waals surface area contributed by atoms with Gasteiger partial charge in [-0.3, -0.25) is 14.7 Å². The summed E-state index contributed by atoms with van der Waals surface area (Å²) in [6.07, 6.45) is 5.55. The van der Waals surface area contributed by atoms with Crippen LogP contribution in [-0.4, -0.2) is 60.3 Å². The number of carbonyl (C=O) groups is 1. The highest BCUT2D eigenvalue weighted by atomic mass is 16.5. The average Bonchev–Trinajstić information content (AvgIpc) is 2.80. The number of carbonyl (C=O) groups excluding carboxylic acids is 1. The summed E-state index contributed by atoms with van der Waals surface area (Å²) in [4.78, 5) is 24.5. The van der Waals surface area contributed by atoms with Gasteiger partial charge < -0.3 is 14.8 Å². The molecule has 2 aliphatic rings. The summed E-state index contributed by atoms with van der Waals surface area (Å²) in [5.41, 5.74) is 2.56. The summed E-state index contributed by atoms with van der Waals surface area (Å²) in [6.45, 7) is 5.28. The average molecular weight is 433 g/mol. The highest BCUT2D eigenvalue weighted by molar-refractivity contribution is 6.06. The highest BCUT2D eigenvalue weighted by Crippen LogP contribution is 2.42. The first-order valence-corrected chi connectivity index (χ1v) is 11.1. The lowest BCUT2D eigenvalue weighted by Gasteiger charge is -2.53. The summed E-state index contributed by atoms with van der Waals surface area (Å²) in [5.74, 6) is 0.399. The number of aryl methyl sites for hydroxylation is 1. The first-order chi connectivity index (χ1) is 15.6. The minimum atomic E-state index is -0.186. The Labute approximate surface area is 187 Å². The fourth-order valence-corrected chi connectivity index (χ4v) is 4.83. The third kappa shape index (κ3) is 3.77. The highest BCUT2D eigenvalue weighted by Gasteiger charge is 2.47. The Morgan fingerprint density at radius 1 is 1.16 bits per heavy atom. The van der Waals surface area contributed by atoms with Gasteiger partial charge in [0.25, 0.3) is 5.91 Å². The molecule has 0 aliphatic carbocycles. The summed E-state index contributed by atoms with van der Waals surface area (Å²) in [5, 5.41) is 4.99. The normalized spacial score (nSPS) is 18.9. The molecule has 0 atom stereocenters. The molecule has 7 nitrogen and oxygen atoms in total. The van der Waals surface area contributed by atoms with Crippen LogP contribution in [0.25, 0.3) is 10.8 Å². The van der Waals surface area contributed by atoms with Crippen molar-refractivity contribution in [1.29, 1.82) is 0 Å². The van der Waals surface area contributed by atoms with Crippen molar-refractivity contribution < 1.29 is 14.3 Å². The van der Waals surface area contributed by atoms with E-state index in [0.717, 1.165) is 48.0 Å². The summed E-state index contributed by atoms with van der Waals surface area (Å²) in [6, 6.07) is 11.4. The molecule has 3 aromatic rings. The van der Waals surface area contributed by atoms with Gasteiger partial charge in [0.15, 0.2) is 0 Å². The maximum Gasteiger partial charge on any atom is 0.256 e. The predicted octanol–water partition coefficient (Wildman–Crippen LogP) is 3.53. The number of rotatable bonds is 5. The topological polar surface area (TPSA) is 76.6 Å². The molecule has 7 heteroatoms. The van der Waals surface area contributed by atoms with E-state index in [1.165, 1.54) is 0 Å². The molecule has 166 valence electrons. The van der Waals surface area contributed by atoms with Crippen LogP contribution in [0.2, 0.25) is 0 Å². The molecule has 2 aromatic heterocycles. The molecule has 32 heavy (non-hydrogen) atoms. The quantitative estimate of drug-likeness (QED) is 0.665. The van der Waals surface area contributed by atoms with Gasteiger partial charge in [-0.15, -0.1) is 0 Å². The molecule has 1 aromatic carbocycles. The number of nitrogens with one attached hydrogen (secondary N) is 1. The summed E-state index contributed by atoms with van der Waals surface area (Å²) >= 11 is 0. The van der Waals surface area contributed by atoms with Crippen LogP contribution in [-0.2, 0) is 15.0 Å². The SMILES string of the molecule is COC1CN(C2(c3nc(NC(=O)c4ccc5cnccc5c4)ccc3C)CCOCC2)C1. The predicted molar refractivity (Wildman–Crippen MR) is 123 cm³/mol. The molecular formula is C25H28N4O3. The smallest absolute Gasteiger partial charge is 0.256 e. The Kier molecular flexibility index (Phi) is 5.63. The first kappa shape index (κ1) is 21.0. The van der Waals surface area contributed by atoms with E-state index in [9.17, 15) is 4.79 Å². The number of fused-ring (bicyclic) bond motifs is 1. The Bertz CT molecular complexity index is 1140. The minimum Gasteiger partial charge on any atom is -0.381 e. The van der Waals surface area contributed by atoms with Crippen molar-refractivity contribution in [2.24, 2.45) is 0 Å². The lowest BCUT2D eigenvalue weighted by atomic mass is 9.80. The maximum atomic E-state index is 13.0. The molecule has 2 fully saturated rings. The Morgan fingerprint density at radius 3 is 2.75 bits per heavy atom. The summed E-state index contributed by atoms with van der Waals surface area (Å²) in [7, 11) is 1.77. The lowest BCUT2D eigenvalue weighted by molar-refractivity contribution is -0.123. The molecule has 1 N–H and O–H groups in total. The van der Waals surface area contributed by atoms with Gasteiger partial charge in [-0.1, -0.05) is 12.1 Å². The van der Waals surface area contributed by atoms with Crippen molar-refractivity contribution in [3.8, 4) is 0 Å². The van der Waals surface area contributed by atoms with Crippen molar-refractivity contribution in [1.82, 2.24) is 14.9 Å². The Balaban J connectivity index is 1.43. The number of amides is 1. The van der Waals surface area contributed by atoms with Crippen LogP contribution in [0.5, 0.6) is 0 Å². The number of pyridine rings is 2. The molecule has 0 spiro atoms. The van der Waals surface area contributed by atoms with Crippen LogP contribution in [0, 0.1) is 6.92 Å². The van der Waals surface area contributed by atoms with Crippen LogP contribution in [0.4, 0.5) is 5.82 Å². The zero-order chi connectivity index (χ0) is 22.1. The van der Waals surface area contributed by atoms with E-state index < -0.39 is 0 Å². The summed E-state index contributed by atoms with van der Waals surface area (Å²) < 4.78 is 11.2. The zero-order valence-electron chi connectivity index (χ0n) is 18.5. The molecule has 1 amide bonds. The van der Waals surface area contributed by atoms with Crippen LogP contribution in [0.15, 0.2) is 48.8 Å².